The van der Waals surface area contributed by atoms with E-state index in [9.17, 15) is 4.79 Å². The van der Waals surface area contributed by atoms with Gasteiger partial charge in [0.25, 0.3) is 0 Å². The number of nitrogens with one attached hydrogen (secondary N) is 1. The number of likely N-dealkylation sites (N-methyl/N-ethyl adjacent to an activating group) is 1. The van der Waals surface area contributed by atoms with Crippen molar-refractivity contribution in [3.05, 3.63) is 35.9 Å². The summed E-state index contributed by atoms with van der Waals surface area (Å²) < 4.78 is 0. The number of benzene rings is 1. The van der Waals surface area contributed by atoms with E-state index in [-0.39, 0.29) is 18.3 Å². The molecule has 0 atom stereocenters. The van der Waals surface area contributed by atoms with E-state index in [1.54, 1.807) is 0 Å². The van der Waals surface area contributed by atoms with E-state index in [4.69, 9.17) is 0 Å². The molecular weight excluding hydrogens is 248 g/mol. The molecule has 18 heavy (non-hydrogen) atoms. The van der Waals surface area contributed by atoms with E-state index in [2.05, 4.69) is 17.4 Å². The van der Waals surface area contributed by atoms with Gasteiger partial charge >= 0.3 is 0 Å². The molecule has 0 fully saturated rings. The molecular formula is C14H23ClN2O. The molecule has 0 saturated heterocycles. The minimum atomic E-state index is 0. The highest BCUT2D eigenvalue weighted by atomic mass is 35.5. The van der Waals surface area contributed by atoms with Crippen LogP contribution in [0.3, 0.4) is 0 Å². The number of nitrogens with zero attached hydrogens (tertiary/aromatic N) is 1. The van der Waals surface area contributed by atoms with Gasteiger partial charge in [-0.15, -0.1) is 12.4 Å². The zero-order chi connectivity index (χ0) is 12.5. The Morgan fingerprint density at radius 2 is 1.94 bits per heavy atom. The summed E-state index contributed by atoms with van der Waals surface area (Å²) in [6.45, 7) is 4.38. The van der Waals surface area contributed by atoms with Gasteiger partial charge in [-0.1, -0.05) is 30.3 Å². The highest BCUT2D eigenvalue weighted by Crippen LogP contribution is 2.02. The predicted octanol–water partition coefficient (Wildman–Crippen LogP) is 2.11. The molecule has 0 aliphatic heterocycles. The second-order valence-electron chi connectivity index (χ2n) is 4.06. The minimum absolute atomic E-state index is 0. The average Bonchev–Trinajstić information content (AvgIpc) is 2.38. The van der Waals surface area contributed by atoms with Crippen LogP contribution in [0.15, 0.2) is 30.3 Å². The predicted molar refractivity (Wildman–Crippen MR) is 78.2 cm³/mol. The number of hydrogen-bond donors (Lipinski definition) is 1. The van der Waals surface area contributed by atoms with Crippen LogP contribution < -0.4 is 5.32 Å². The van der Waals surface area contributed by atoms with Gasteiger partial charge in [0.05, 0.1) is 0 Å². The molecule has 0 aromatic heterocycles. The van der Waals surface area contributed by atoms with Gasteiger partial charge in [-0.25, -0.2) is 0 Å². The lowest BCUT2D eigenvalue weighted by atomic mass is 10.1. The van der Waals surface area contributed by atoms with Gasteiger partial charge in [-0.3, -0.25) is 4.79 Å². The third-order valence-corrected chi connectivity index (χ3v) is 2.84. The van der Waals surface area contributed by atoms with E-state index in [1.807, 2.05) is 37.1 Å². The Morgan fingerprint density at radius 1 is 1.28 bits per heavy atom. The molecule has 4 heteroatoms. The van der Waals surface area contributed by atoms with Crippen LogP contribution in [0.4, 0.5) is 0 Å². The number of rotatable bonds is 7. The molecule has 1 rings (SSSR count). The lowest BCUT2D eigenvalue weighted by molar-refractivity contribution is -0.130. The molecule has 1 N–H and O–H groups in total. The Labute approximate surface area is 116 Å². The van der Waals surface area contributed by atoms with Crippen LogP contribution in [0.5, 0.6) is 0 Å². The van der Waals surface area contributed by atoms with Gasteiger partial charge in [0.2, 0.25) is 5.91 Å². The number of halogens is 1. The van der Waals surface area contributed by atoms with Crippen molar-refractivity contribution in [1.82, 2.24) is 10.2 Å². The van der Waals surface area contributed by atoms with Gasteiger partial charge in [0.1, 0.15) is 0 Å². The van der Waals surface area contributed by atoms with Crippen LogP contribution in [-0.4, -0.2) is 37.5 Å². The zero-order valence-electron chi connectivity index (χ0n) is 11.2. The third kappa shape index (κ3) is 6.03. The first-order valence-electron chi connectivity index (χ1n) is 6.24. The molecule has 0 heterocycles. The molecule has 102 valence electrons. The summed E-state index contributed by atoms with van der Waals surface area (Å²) in [5.41, 5.74) is 1.28. The highest BCUT2D eigenvalue weighted by molar-refractivity contribution is 5.85. The smallest absolute Gasteiger partial charge is 0.223 e. The second kappa shape index (κ2) is 9.92. The number of amides is 1. The molecule has 1 amide bonds. The summed E-state index contributed by atoms with van der Waals surface area (Å²) in [7, 11) is 1.87. The van der Waals surface area contributed by atoms with Gasteiger partial charge in [0.15, 0.2) is 0 Å². The summed E-state index contributed by atoms with van der Waals surface area (Å²) in [5.74, 6) is 0.234. The summed E-state index contributed by atoms with van der Waals surface area (Å²) >= 11 is 0. The average molecular weight is 271 g/mol. The van der Waals surface area contributed by atoms with Crippen molar-refractivity contribution in [2.45, 2.75) is 19.8 Å². The van der Waals surface area contributed by atoms with Crippen LogP contribution in [0.1, 0.15) is 18.9 Å². The third-order valence-electron chi connectivity index (χ3n) is 2.84. The van der Waals surface area contributed by atoms with Crippen molar-refractivity contribution >= 4 is 18.3 Å². The van der Waals surface area contributed by atoms with Gasteiger partial charge in [0, 0.05) is 26.1 Å². The van der Waals surface area contributed by atoms with Crippen molar-refractivity contribution in [2.24, 2.45) is 0 Å². The van der Waals surface area contributed by atoms with Crippen LogP contribution >= 0.6 is 12.4 Å². The maximum atomic E-state index is 11.8. The quantitative estimate of drug-likeness (QED) is 0.823. The standard InChI is InChI=1S/C14H22N2O.ClH/c1-3-16(14(17)9-11-15-2)12-10-13-7-5-4-6-8-13;/h4-8,15H,3,9-12H2,1-2H3;1H. The first kappa shape index (κ1) is 16.9. The second-order valence-corrected chi connectivity index (χ2v) is 4.06. The first-order valence-corrected chi connectivity index (χ1v) is 6.24. The summed E-state index contributed by atoms with van der Waals surface area (Å²) in [6, 6.07) is 10.3. The molecule has 0 unspecified atom stereocenters. The zero-order valence-corrected chi connectivity index (χ0v) is 12.0. The lowest BCUT2D eigenvalue weighted by Crippen LogP contribution is -2.34. The Hall–Kier alpha value is -1.06. The molecule has 0 aliphatic rings. The van der Waals surface area contributed by atoms with Gasteiger partial charge in [-0.2, -0.15) is 0 Å². The number of hydrogen-bond acceptors (Lipinski definition) is 2. The SMILES string of the molecule is CCN(CCc1ccccc1)C(=O)CCNC.Cl. The molecule has 3 nitrogen and oxygen atoms in total. The Bertz CT molecular complexity index is 330. The Balaban J connectivity index is 0.00000289. The largest absolute Gasteiger partial charge is 0.343 e. The van der Waals surface area contributed by atoms with Crippen molar-refractivity contribution in [3.8, 4) is 0 Å². The topological polar surface area (TPSA) is 32.3 Å². The van der Waals surface area contributed by atoms with Crippen molar-refractivity contribution in [1.29, 1.82) is 0 Å². The molecule has 0 aliphatic carbocycles. The molecule has 1 aromatic rings. The minimum Gasteiger partial charge on any atom is -0.343 e. The molecule has 0 radical (unpaired) electrons. The maximum Gasteiger partial charge on any atom is 0.223 e. The highest BCUT2D eigenvalue weighted by Gasteiger charge is 2.10. The molecule has 0 spiro atoms. The van der Waals surface area contributed by atoms with Gasteiger partial charge < -0.3 is 10.2 Å². The fourth-order valence-corrected chi connectivity index (χ4v) is 1.76. The lowest BCUT2D eigenvalue weighted by Gasteiger charge is -2.20. The summed E-state index contributed by atoms with van der Waals surface area (Å²) in [5, 5.41) is 3.00. The van der Waals surface area contributed by atoms with Gasteiger partial charge in [-0.05, 0) is 26.0 Å². The molecule has 1 aromatic carbocycles. The van der Waals surface area contributed by atoms with Crippen molar-refractivity contribution < 1.29 is 4.79 Å². The molecule has 0 bridgehead atoms. The normalized spacial score (nSPS) is 9.67. The van der Waals surface area contributed by atoms with Crippen LogP contribution in [-0.2, 0) is 11.2 Å². The van der Waals surface area contributed by atoms with E-state index >= 15 is 0 Å². The summed E-state index contributed by atoms with van der Waals surface area (Å²) in [6.07, 6.45) is 1.51. The van der Waals surface area contributed by atoms with Crippen LogP contribution in [0.2, 0.25) is 0 Å². The van der Waals surface area contributed by atoms with E-state index in [1.165, 1.54) is 5.56 Å². The molecule has 0 saturated carbocycles. The Kier molecular flexibility index (Phi) is 9.33. The fourth-order valence-electron chi connectivity index (χ4n) is 1.76. The van der Waals surface area contributed by atoms with Crippen LogP contribution in [0.25, 0.3) is 0 Å². The summed E-state index contributed by atoms with van der Waals surface area (Å²) in [4.78, 5) is 13.8. The first-order chi connectivity index (χ1) is 8.27. The number of carbonyl (C=O) groups is 1. The van der Waals surface area contributed by atoms with Crippen LogP contribution in [0, 0.1) is 0 Å². The van der Waals surface area contributed by atoms with Crippen molar-refractivity contribution in [3.63, 3.8) is 0 Å². The van der Waals surface area contributed by atoms with E-state index in [0.29, 0.717) is 6.42 Å². The van der Waals surface area contributed by atoms with Crippen molar-refractivity contribution in [2.75, 3.05) is 26.7 Å². The monoisotopic (exact) mass is 270 g/mol. The number of carbonyl (C=O) groups excluding carboxylic acids is 1. The van der Waals surface area contributed by atoms with E-state index in [0.717, 1.165) is 26.1 Å². The maximum absolute atomic E-state index is 11.8. The Morgan fingerprint density at radius 3 is 2.50 bits per heavy atom. The van der Waals surface area contributed by atoms with E-state index < -0.39 is 0 Å². The fraction of sp³-hybridized carbons (Fsp3) is 0.500.